The molecule has 4 rings (SSSR count). The van der Waals surface area contributed by atoms with Gasteiger partial charge in [-0.1, -0.05) is 11.6 Å². The summed E-state index contributed by atoms with van der Waals surface area (Å²) >= 11 is 7.52. The molecule has 1 amide bonds. The molecule has 27 heavy (non-hydrogen) atoms. The maximum absolute atomic E-state index is 13.8. The maximum Gasteiger partial charge on any atom is 0.254 e. The molecule has 0 saturated carbocycles. The molecule has 4 aromatic rings. The Bertz CT molecular complexity index is 1160. The van der Waals surface area contributed by atoms with Crippen LogP contribution in [-0.4, -0.2) is 32.5 Å². The number of carbonyl (C=O) groups is 1. The number of anilines is 2. The van der Waals surface area contributed by atoms with Gasteiger partial charge in [-0.2, -0.15) is 14.5 Å². The quantitative estimate of drug-likeness (QED) is 0.480. The Hall–Kier alpha value is -3.04. The van der Waals surface area contributed by atoms with E-state index in [0.717, 1.165) is 22.4 Å². The minimum Gasteiger partial charge on any atom is -0.355 e. The predicted molar refractivity (Wildman–Crippen MR) is 103 cm³/mol. The number of H-pyrrole nitrogens is 1. The van der Waals surface area contributed by atoms with Crippen molar-refractivity contribution in [1.29, 1.82) is 0 Å². The third-order valence-electron chi connectivity index (χ3n) is 3.92. The van der Waals surface area contributed by atoms with E-state index in [1.54, 1.807) is 6.20 Å². The molecule has 0 spiro atoms. The number of carbonyl (C=O) groups excluding carboxylic acids is 1. The van der Waals surface area contributed by atoms with Crippen molar-refractivity contribution in [2.75, 3.05) is 12.4 Å². The van der Waals surface area contributed by atoms with Crippen LogP contribution >= 0.6 is 23.1 Å². The standard InChI is InChI=1S/C17H12ClFN6OS/c1-20-16(26)9-6-8(2-3-11(9)19)15-23-17(27-25-15)22-13-5-4-12-10(14(13)18)7-21-24-12/h2-7H,1H3,(H,20,26)(H,21,24)(H,22,23,25). The van der Waals surface area contributed by atoms with Crippen LogP contribution in [0.1, 0.15) is 10.4 Å². The molecule has 0 aliphatic carbocycles. The van der Waals surface area contributed by atoms with E-state index < -0.39 is 11.7 Å². The summed E-state index contributed by atoms with van der Waals surface area (Å²) in [6.07, 6.45) is 1.65. The summed E-state index contributed by atoms with van der Waals surface area (Å²) in [6, 6.07) is 7.83. The van der Waals surface area contributed by atoms with Crippen LogP contribution < -0.4 is 10.6 Å². The monoisotopic (exact) mass is 402 g/mol. The molecule has 2 aromatic carbocycles. The first kappa shape index (κ1) is 17.4. The molecule has 7 nitrogen and oxygen atoms in total. The Morgan fingerprint density at radius 3 is 2.96 bits per heavy atom. The number of amides is 1. The maximum atomic E-state index is 13.8. The van der Waals surface area contributed by atoms with Crippen LogP contribution in [0.25, 0.3) is 22.3 Å². The van der Waals surface area contributed by atoms with E-state index in [-0.39, 0.29) is 5.56 Å². The molecule has 2 heterocycles. The molecule has 136 valence electrons. The summed E-state index contributed by atoms with van der Waals surface area (Å²) in [5.41, 5.74) is 1.97. The van der Waals surface area contributed by atoms with Gasteiger partial charge in [0.2, 0.25) is 5.13 Å². The highest BCUT2D eigenvalue weighted by Gasteiger charge is 2.15. The number of nitrogens with one attached hydrogen (secondary N) is 3. The first-order valence-corrected chi connectivity index (χ1v) is 8.96. The van der Waals surface area contributed by atoms with Crippen LogP contribution in [0.4, 0.5) is 15.2 Å². The number of halogens is 2. The lowest BCUT2D eigenvalue weighted by Crippen LogP contribution is -2.19. The number of fused-ring (bicyclic) bond motifs is 1. The van der Waals surface area contributed by atoms with Crippen LogP contribution in [0.2, 0.25) is 5.02 Å². The van der Waals surface area contributed by atoms with Gasteiger partial charge in [0.1, 0.15) is 5.82 Å². The van der Waals surface area contributed by atoms with Crippen LogP contribution in [0.3, 0.4) is 0 Å². The second-order valence-electron chi connectivity index (χ2n) is 5.58. The minimum atomic E-state index is -0.605. The average Bonchev–Trinajstić information content (AvgIpc) is 3.33. The zero-order chi connectivity index (χ0) is 19.0. The number of aromatic amines is 1. The Labute approximate surface area is 161 Å². The van der Waals surface area contributed by atoms with Gasteiger partial charge < -0.3 is 10.6 Å². The van der Waals surface area contributed by atoms with Crippen LogP contribution in [0.15, 0.2) is 36.5 Å². The van der Waals surface area contributed by atoms with Gasteiger partial charge in [0.05, 0.1) is 28.0 Å². The van der Waals surface area contributed by atoms with Gasteiger partial charge in [0.15, 0.2) is 5.82 Å². The summed E-state index contributed by atoms with van der Waals surface area (Å²) in [7, 11) is 1.44. The van der Waals surface area contributed by atoms with Crippen LogP contribution in [0, 0.1) is 5.82 Å². The zero-order valence-corrected chi connectivity index (χ0v) is 15.5. The van der Waals surface area contributed by atoms with E-state index in [1.807, 2.05) is 12.1 Å². The van der Waals surface area contributed by atoms with Crippen molar-refractivity contribution in [2.24, 2.45) is 0 Å². The third kappa shape index (κ3) is 3.22. The Morgan fingerprint density at radius 2 is 2.15 bits per heavy atom. The lowest BCUT2D eigenvalue weighted by atomic mass is 10.1. The van der Waals surface area contributed by atoms with Crippen LogP contribution in [-0.2, 0) is 0 Å². The number of nitrogens with zero attached hydrogens (tertiary/aromatic N) is 3. The van der Waals surface area contributed by atoms with E-state index in [2.05, 4.69) is 30.2 Å². The summed E-state index contributed by atoms with van der Waals surface area (Å²) in [5.74, 6) is -0.733. The number of rotatable bonds is 4. The Morgan fingerprint density at radius 1 is 1.30 bits per heavy atom. The van der Waals surface area contributed by atoms with Crippen molar-refractivity contribution in [3.63, 3.8) is 0 Å². The molecule has 0 aliphatic heterocycles. The first-order chi connectivity index (χ1) is 13.1. The fraction of sp³-hybridized carbons (Fsp3) is 0.0588. The second-order valence-corrected chi connectivity index (χ2v) is 6.71. The molecular formula is C17H12ClFN6OS. The molecule has 10 heteroatoms. The third-order valence-corrected chi connectivity index (χ3v) is 4.96. The molecule has 2 aromatic heterocycles. The van der Waals surface area contributed by atoms with Crippen LogP contribution in [0.5, 0.6) is 0 Å². The fourth-order valence-electron chi connectivity index (χ4n) is 2.56. The molecule has 0 fully saturated rings. The van der Waals surface area contributed by atoms with Crippen molar-refractivity contribution >= 4 is 50.8 Å². The lowest BCUT2D eigenvalue weighted by Gasteiger charge is -2.05. The van der Waals surface area contributed by atoms with E-state index in [4.69, 9.17) is 11.6 Å². The minimum absolute atomic E-state index is 0.0623. The predicted octanol–water partition coefficient (Wildman–Crippen LogP) is 3.98. The molecule has 0 atom stereocenters. The van der Waals surface area contributed by atoms with Crippen molar-refractivity contribution in [3.05, 3.63) is 52.9 Å². The van der Waals surface area contributed by atoms with E-state index in [0.29, 0.717) is 27.2 Å². The topological polar surface area (TPSA) is 95.6 Å². The zero-order valence-electron chi connectivity index (χ0n) is 13.9. The van der Waals surface area contributed by atoms with Gasteiger partial charge in [-0.05, 0) is 30.3 Å². The fourth-order valence-corrected chi connectivity index (χ4v) is 3.42. The Balaban J connectivity index is 1.63. The molecule has 3 N–H and O–H groups in total. The van der Waals surface area contributed by atoms with Gasteiger partial charge >= 0.3 is 0 Å². The van der Waals surface area contributed by atoms with Crippen molar-refractivity contribution in [2.45, 2.75) is 0 Å². The van der Waals surface area contributed by atoms with Gasteiger partial charge in [-0.15, -0.1) is 0 Å². The second kappa shape index (κ2) is 6.93. The van der Waals surface area contributed by atoms with Crippen molar-refractivity contribution < 1.29 is 9.18 Å². The van der Waals surface area contributed by atoms with E-state index in [9.17, 15) is 9.18 Å². The van der Waals surface area contributed by atoms with Crippen molar-refractivity contribution in [3.8, 4) is 11.4 Å². The molecule has 0 radical (unpaired) electrons. The van der Waals surface area contributed by atoms with E-state index in [1.165, 1.54) is 25.2 Å². The largest absolute Gasteiger partial charge is 0.355 e. The lowest BCUT2D eigenvalue weighted by molar-refractivity contribution is 0.0959. The average molecular weight is 403 g/mol. The molecule has 0 saturated heterocycles. The summed E-state index contributed by atoms with van der Waals surface area (Å²) in [4.78, 5) is 16.2. The number of aromatic nitrogens is 4. The SMILES string of the molecule is CNC(=O)c1cc(-c2nsc(Nc3ccc4[nH]ncc4c3Cl)n2)ccc1F. The summed E-state index contributed by atoms with van der Waals surface area (Å²) in [5, 5.41) is 14.2. The number of benzene rings is 2. The molecular weight excluding hydrogens is 391 g/mol. The van der Waals surface area contributed by atoms with Crippen molar-refractivity contribution in [1.82, 2.24) is 24.9 Å². The first-order valence-electron chi connectivity index (χ1n) is 7.81. The number of hydrogen-bond acceptors (Lipinski definition) is 6. The van der Waals surface area contributed by atoms with Gasteiger partial charge in [0, 0.05) is 29.5 Å². The highest BCUT2D eigenvalue weighted by Crippen LogP contribution is 2.33. The summed E-state index contributed by atoms with van der Waals surface area (Å²) in [6.45, 7) is 0. The summed E-state index contributed by atoms with van der Waals surface area (Å²) < 4.78 is 18.1. The highest BCUT2D eigenvalue weighted by molar-refractivity contribution is 7.10. The Kier molecular flexibility index (Phi) is 4.46. The molecule has 0 unspecified atom stereocenters. The molecule has 0 aliphatic rings. The normalized spacial score (nSPS) is 10.9. The van der Waals surface area contributed by atoms with E-state index >= 15 is 0 Å². The smallest absolute Gasteiger partial charge is 0.254 e. The van der Waals surface area contributed by atoms with Gasteiger partial charge in [0.25, 0.3) is 5.91 Å². The number of hydrogen-bond donors (Lipinski definition) is 3. The van der Waals surface area contributed by atoms with Gasteiger partial charge in [-0.3, -0.25) is 9.89 Å². The van der Waals surface area contributed by atoms with Gasteiger partial charge in [-0.25, -0.2) is 4.39 Å². The molecule has 0 bridgehead atoms. The highest BCUT2D eigenvalue weighted by atomic mass is 35.5.